The van der Waals surface area contributed by atoms with E-state index in [4.69, 9.17) is 0 Å². The zero-order valence-corrected chi connectivity index (χ0v) is 14.1. The molecule has 1 saturated heterocycles. The topological polar surface area (TPSA) is 6.48 Å². The Morgan fingerprint density at radius 3 is 1.84 bits per heavy atom. The van der Waals surface area contributed by atoms with E-state index in [0.29, 0.717) is 18.2 Å². The molecular formula is C17H34N2. The van der Waals surface area contributed by atoms with Gasteiger partial charge in [-0.25, -0.2) is 0 Å². The van der Waals surface area contributed by atoms with E-state index in [-0.39, 0.29) is 0 Å². The molecule has 1 fully saturated rings. The minimum atomic E-state index is 0.630. The highest BCUT2D eigenvalue weighted by molar-refractivity contribution is 4.94. The van der Waals surface area contributed by atoms with Gasteiger partial charge in [-0.3, -0.25) is 9.80 Å². The van der Waals surface area contributed by atoms with Gasteiger partial charge in [-0.2, -0.15) is 0 Å². The SMILES string of the molecule is CC(C)=CCCC(C)C1N(C(C)C)CCN1C(C)C. The smallest absolute Gasteiger partial charge is 0.0654 e. The third-order valence-corrected chi connectivity index (χ3v) is 4.31. The van der Waals surface area contributed by atoms with Gasteiger partial charge in [0, 0.05) is 25.2 Å². The Kier molecular flexibility index (Phi) is 6.55. The Morgan fingerprint density at radius 1 is 1.00 bits per heavy atom. The fourth-order valence-corrected chi connectivity index (χ4v) is 3.25. The zero-order valence-electron chi connectivity index (χ0n) is 14.1. The molecule has 0 N–H and O–H groups in total. The molecule has 112 valence electrons. The zero-order chi connectivity index (χ0) is 14.6. The predicted molar refractivity (Wildman–Crippen MR) is 85.3 cm³/mol. The van der Waals surface area contributed by atoms with Gasteiger partial charge in [-0.05, 0) is 60.3 Å². The summed E-state index contributed by atoms with van der Waals surface area (Å²) in [6, 6.07) is 1.30. The molecule has 1 atom stereocenters. The van der Waals surface area contributed by atoms with Crippen LogP contribution in [0.25, 0.3) is 0 Å². The molecular weight excluding hydrogens is 232 g/mol. The second-order valence-corrected chi connectivity index (χ2v) is 6.91. The Labute approximate surface area is 120 Å². The van der Waals surface area contributed by atoms with Crippen molar-refractivity contribution in [2.75, 3.05) is 13.1 Å². The van der Waals surface area contributed by atoms with Crippen molar-refractivity contribution < 1.29 is 0 Å². The van der Waals surface area contributed by atoms with Crippen molar-refractivity contribution in [3.63, 3.8) is 0 Å². The third kappa shape index (κ3) is 4.61. The highest BCUT2D eigenvalue weighted by atomic mass is 15.4. The fourth-order valence-electron chi connectivity index (χ4n) is 3.25. The van der Waals surface area contributed by atoms with Crippen LogP contribution in [0.5, 0.6) is 0 Å². The molecule has 2 nitrogen and oxygen atoms in total. The first-order chi connectivity index (χ1) is 8.84. The van der Waals surface area contributed by atoms with Crippen LogP contribution in [-0.4, -0.2) is 41.1 Å². The summed E-state index contributed by atoms with van der Waals surface area (Å²) >= 11 is 0. The van der Waals surface area contributed by atoms with E-state index in [2.05, 4.69) is 64.3 Å². The lowest BCUT2D eigenvalue weighted by atomic mass is 9.98. The largest absolute Gasteiger partial charge is 0.284 e. The van der Waals surface area contributed by atoms with E-state index < -0.39 is 0 Å². The van der Waals surface area contributed by atoms with Crippen molar-refractivity contribution in [1.29, 1.82) is 0 Å². The normalized spacial score (nSPS) is 20.5. The molecule has 0 saturated carbocycles. The molecule has 0 spiro atoms. The monoisotopic (exact) mass is 266 g/mol. The van der Waals surface area contributed by atoms with Crippen LogP contribution in [-0.2, 0) is 0 Å². The summed E-state index contributed by atoms with van der Waals surface area (Å²) in [5.41, 5.74) is 1.44. The lowest BCUT2D eigenvalue weighted by Gasteiger charge is -2.38. The lowest BCUT2D eigenvalue weighted by molar-refractivity contribution is 0.0442. The summed E-state index contributed by atoms with van der Waals surface area (Å²) in [7, 11) is 0. The van der Waals surface area contributed by atoms with Crippen LogP contribution in [0.1, 0.15) is 61.3 Å². The van der Waals surface area contributed by atoms with E-state index in [1.165, 1.54) is 31.5 Å². The number of hydrogen-bond acceptors (Lipinski definition) is 2. The average Bonchev–Trinajstić information content (AvgIpc) is 2.72. The Bertz CT molecular complexity index is 274. The molecule has 1 heterocycles. The van der Waals surface area contributed by atoms with Crippen molar-refractivity contribution in [2.24, 2.45) is 5.92 Å². The van der Waals surface area contributed by atoms with Gasteiger partial charge < -0.3 is 0 Å². The highest BCUT2D eigenvalue weighted by Crippen LogP contribution is 2.28. The summed E-state index contributed by atoms with van der Waals surface area (Å²) in [6.45, 7) is 18.6. The molecule has 2 heteroatoms. The van der Waals surface area contributed by atoms with E-state index in [1.54, 1.807) is 0 Å². The molecule has 0 aromatic rings. The summed E-state index contributed by atoms with van der Waals surface area (Å²) in [4.78, 5) is 5.38. The second-order valence-electron chi connectivity index (χ2n) is 6.91. The first-order valence-electron chi connectivity index (χ1n) is 7.99. The van der Waals surface area contributed by atoms with E-state index in [1.807, 2.05) is 0 Å². The molecule has 0 aromatic heterocycles. The molecule has 0 bridgehead atoms. The minimum absolute atomic E-state index is 0.630. The second kappa shape index (κ2) is 7.44. The van der Waals surface area contributed by atoms with Gasteiger partial charge in [0.05, 0.1) is 6.17 Å². The fraction of sp³-hybridized carbons (Fsp3) is 0.882. The molecule has 0 aromatic carbocycles. The van der Waals surface area contributed by atoms with Crippen LogP contribution in [0, 0.1) is 5.92 Å². The lowest BCUT2D eigenvalue weighted by Crippen LogP contribution is -2.48. The van der Waals surface area contributed by atoms with Crippen LogP contribution in [0.4, 0.5) is 0 Å². The predicted octanol–water partition coefficient (Wildman–Crippen LogP) is 4.13. The molecule has 0 radical (unpaired) electrons. The third-order valence-electron chi connectivity index (χ3n) is 4.31. The number of nitrogens with zero attached hydrogens (tertiary/aromatic N) is 2. The quantitative estimate of drug-likeness (QED) is 0.667. The molecule has 0 aliphatic carbocycles. The minimum Gasteiger partial charge on any atom is -0.284 e. The van der Waals surface area contributed by atoms with Crippen LogP contribution in [0.2, 0.25) is 0 Å². The Hall–Kier alpha value is -0.340. The summed E-state index contributed by atoms with van der Waals surface area (Å²) in [5, 5.41) is 0. The van der Waals surface area contributed by atoms with Crippen LogP contribution < -0.4 is 0 Å². The maximum absolute atomic E-state index is 2.69. The summed E-state index contributed by atoms with van der Waals surface area (Å²) < 4.78 is 0. The van der Waals surface area contributed by atoms with Crippen LogP contribution in [0.15, 0.2) is 11.6 Å². The first kappa shape index (κ1) is 16.7. The summed E-state index contributed by atoms with van der Waals surface area (Å²) in [5.74, 6) is 0.739. The van der Waals surface area contributed by atoms with Gasteiger partial charge in [0.25, 0.3) is 0 Å². The summed E-state index contributed by atoms with van der Waals surface area (Å²) in [6.07, 6.45) is 5.52. The van der Waals surface area contributed by atoms with Gasteiger partial charge in [-0.1, -0.05) is 18.6 Å². The molecule has 1 aliphatic heterocycles. The maximum Gasteiger partial charge on any atom is 0.0654 e. The number of allylic oxidation sites excluding steroid dienone is 2. The van der Waals surface area contributed by atoms with E-state index in [0.717, 1.165) is 5.92 Å². The van der Waals surface area contributed by atoms with E-state index in [9.17, 15) is 0 Å². The van der Waals surface area contributed by atoms with Crippen molar-refractivity contribution in [1.82, 2.24) is 9.80 Å². The van der Waals surface area contributed by atoms with Crippen molar-refractivity contribution >= 4 is 0 Å². The van der Waals surface area contributed by atoms with Gasteiger partial charge >= 0.3 is 0 Å². The van der Waals surface area contributed by atoms with Gasteiger partial charge in [0.1, 0.15) is 0 Å². The Morgan fingerprint density at radius 2 is 1.47 bits per heavy atom. The van der Waals surface area contributed by atoms with Crippen LogP contribution >= 0.6 is 0 Å². The number of rotatable bonds is 6. The molecule has 0 amide bonds. The molecule has 1 unspecified atom stereocenters. The van der Waals surface area contributed by atoms with Crippen molar-refractivity contribution in [2.45, 2.75) is 79.6 Å². The number of hydrogen-bond donors (Lipinski definition) is 0. The average molecular weight is 266 g/mol. The van der Waals surface area contributed by atoms with Crippen molar-refractivity contribution in [3.8, 4) is 0 Å². The van der Waals surface area contributed by atoms with Gasteiger partial charge in [0.15, 0.2) is 0 Å². The standard InChI is InChI=1S/C17H34N2/c1-13(2)9-8-10-16(7)17-18(14(3)4)11-12-19(17)15(5)6/h9,14-17H,8,10-12H2,1-7H3. The van der Waals surface area contributed by atoms with Crippen molar-refractivity contribution in [3.05, 3.63) is 11.6 Å². The molecule has 1 rings (SSSR count). The molecule has 1 aliphatic rings. The molecule has 19 heavy (non-hydrogen) atoms. The van der Waals surface area contributed by atoms with Gasteiger partial charge in [-0.15, -0.1) is 0 Å². The maximum atomic E-state index is 2.69. The van der Waals surface area contributed by atoms with Gasteiger partial charge in [0.2, 0.25) is 0 Å². The highest BCUT2D eigenvalue weighted by Gasteiger charge is 2.37. The first-order valence-corrected chi connectivity index (χ1v) is 7.99. The van der Waals surface area contributed by atoms with Crippen LogP contribution in [0.3, 0.4) is 0 Å². The Balaban J connectivity index is 2.69. The van der Waals surface area contributed by atoms with E-state index >= 15 is 0 Å².